The number of halogens is 3. The second-order valence-electron chi connectivity index (χ2n) is 3.68. The van der Waals surface area contributed by atoms with Gasteiger partial charge in [-0.15, -0.1) is 22.9 Å². The summed E-state index contributed by atoms with van der Waals surface area (Å²) in [5.74, 6) is 0.513. The van der Waals surface area contributed by atoms with Crippen molar-refractivity contribution in [3.05, 3.63) is 44.6 Å². The van der Waals surface area contributed by atoms with E-state index >= 15 is 0 Å². The summed E-state index contributed by atoms with van der Waals surface area (Å²) in [4.78, 5) is 4.33. The minimum absolute atomic E-state index is 0.235. The van der Waals surface area contributed by atoms with Gasteiger partial charge in [-0.1, -0.05) is 15.9 Å². The van der Waals surface area contributed by atoms with E-state index in [-0.39, 0.29) is 11.9 Å². The molecule has 0 saturated heterocycles. The van der Waals surface area contributed by atoms with Crippen molar-refractivity contribution in [2.45, 2.75) is 18.9 Å². The first kappa shape index (κ1) is 13.8. The summed E-state index contributed by atoms with van der Waals surface area (Å²) >= 11 is 10.4. The van der Waals surface area contributed by atoms with Crippen LogP contribution in [0.1, 0.15) is 23.7 Å². The van der Waals surface area contributed by atoms with E-state index in [2.05, 4.69) is 20.9 Å². The van der Waals surface area contributed by atoms with Crippen molar-refractivity contribution >= 4 is 38.9 Å². The van der Waals surface area contributed by atoms with E-state index in [0.29, 0.717) is 16.1 Å². The van der Waals surface area contributed by atoms with Crippen LogP contribution >= 0.6 is 38.9 Å². The van der Waals surface area contributed by atoms with E-state index in [0.717, 1.165) is 10.7 Å². The van der Waals surface area contributed by atoms with Crippen LogP contribution in [0.3, 0.4) is 0 Å². The van der Waals surface area contributed by atoms with Gasteiger partial charge < -0.3 is 4.74 Å². The lowest BCUT2D eigenvalue weighted by atomic mass is 10.3. The minimum Gasteiger partial charge on any atom is -0.483 e. The Bertz CT molecular complexity index is 528. The van der Waals surface area contributed by atoms with Gasteiger partial charge >= 0.3 is 0 Å². The molecule has 2 rings (SSSR count). The molecule has 2 nitrogen and oxygen atoms in total. The monoisotopic (exact) mass is 349 g/mol. The number of ether oxygens (including phenoxy) is 1. The summed E-state index contributed by atoms with van der Waals surface area (Å²) in [6.45, 7) is 1.87. The van der Waals surface area contributed by atoms with Gasteiger partial charge in [0.1, 0.15) is 22.7 Å². The van der Waals surface area contributed by atoms with Gasteiger partial charge in [0.15, 0.2) is 0 Å². The molecule has 0 aliphatic heterocycles. The summed E-state index contributed by atoms with van der Waals surface area (Å²) in [5, 5.41) is 2.72. The average Bonchev–Trinajstić information content (AvgIpc) is 2.75. The molecular formula is C12H10BrClFNOS. The number of benzene rings is 1. The lowest BCUT2D eigenvalue weighted by Gasteiger charge is -2.12. The fourth-order valence-electron chi connectivity index (χ4n) is 1.42. The van der Waals surface area contributed by atoms with Crippen molar-refractivity contribution in [3.8, 4) is 5.75 Å². The standard InChI is InChI=1S/C12H10BrClFNOS/c1-7(12-16-10(5-14)6-18-12)17-11-3-8(13)2-9(15)4-11/h2-4,6-7H,5H2,1H3. The van der Waals surface area contributed by atoms with Gasteiger partial charge in [-0.05, 0) is 19.1 Å². The summed E-state index contributed by atoms with van der Waals surface area (Å²) in [5.41, 5.74) is 0.826. The van der Waals surface area contributed by atoms with Gasteiger partial charge in [-0.25, -0.2) is 9.37 Å². The summed E-state index contributed by atoms with van der Waals surface area (Å²) in [6, 6.07) is 4.44. The van der Waals surface area contributed by atoms with E-state index in [4.69, 9.17) is 16.3 Å². The van der Waals surface area contributed by atoms with E-state index in [1.807, 2.05) is 12.3 Å². The fourth-order valence-corrected chi connectivity index (χ4v) is 2.90. The number of rotatable bonds is 4. The molecule has 96 valence electrons. The van der Waals surface area contributed by atoms with Gasteiger partial charge in [-0.2, -0.15) is 0 Å². The quantitative estimate of drug-likeness (QED) is 0.730. The molecular weight excluding hydrogens is 341 g/mol. The van der Waals surface area contributed by atoms with Crippen LogP contribution in [0.25, 0.3) is 0 Å². The Morgan fingerprint density at radius 2 is 2.28 bits per heavy atom. The van der Waals surface area contributed by atoms with Crippen LogP contribution in [0.15, 0.2) is 28.1 Å². The average molecular weight is 351 g/mol. The fraction of sp³-hybridized carbons (Fsp3) is 0.250. The first-order chi connectivity index (χ1) is 8.58. The number of aromatic nitrogens is 1. The van der Waals surface area contributed by atoms with Crippen molar-refractivity contribution in [3.63, 3.8) is 0 Å². The molecule has 0 aliphatic carbocycles. The Labute approximate surface area is 122 Å². The van der Waals surface area contributed by atoms with Crippen LogP contribution in [-0.2, 0) is 5.88 Å². The summed E-state index contributed by atoms with van der Waals surface area (Å²) in [7, 11) is 0. The number of hydrogen-bond acceptors (Lipinski definition) is 3. The van der Waals surface area contributed by atoms with Gasteiger partial charge in [0.2, 0.25) is 0 Å². The van der Waals surface area contributed by atoms with Crippen molar-refractivity contribution in [1.29, 1.82) is 0 Å². The van der Waals surface area contributed by atoms with Gasteiger partial charge in [0.05, 0.1) is 11.6 Å². The van der Waals surface area contributed by atoms with Crippen molar-refractivity contribution in [1.82, 2.24) is 4.98 Å². The molecule has 1 aromatic carbocycles. The van der Waals surface area contributed by atoms with E-state index in [1.54, 1.807) is 6.07 Å². The first-order valence-electron chi connectivity index (χ1n) is 5.21. The SMILES string of the molecule is CC(Oc1cc(F)cc(Br)c1)c1nc(CCl)cs1. The molecule has 1 heterocycles. The van der Waals surface area contributed by atoms with Crippen molar-refractivity contribution in [2.24, 2.45) is 0 Å². The Hall–Kier alpha value is -0.650. The third-order valence-electron chi connectivity index (χ3n) is 2.20. The lowest BCUT2D eigenvalue weighted by Crippen LogP contribution is -2.03. The topological polar surface area (TPSA) is 22.1 Å². The van der Waals surface area contributed by atoms with E-state index in [9.17, 15) is 4.39 Å². The highest BCUT2D eigenvalue weighted by molar-refractivity contribution is 9.10. The van der Waals surface area contributed by atoms with Crippen LogP contribution in [0.4, 0.5) is 4.39 Å². The molecule has 1 aromatic heterocycles. The zero-order chi connectivity index (χ0) is 13.1. The first-order valence-corrected chi connectivity index (χ1v) is 7.42. The maximum atomic E-state index is 13.2. The zero-order valence-electron chi connectivity index (χ0n) is 9.49. The molecule has 6 heteroatoms. The number of alkyl halides is 1. The highest BCUT2D eigenvalue weighted by Gasteiger charge is 2.12. The smallest absolute Gasteiger partial charge is 0.147 e. The molecule has 0 amide bonds. The third-order valence-corrected chi connectivity index (χ3v) is 3.99. The molecule has 0 fully saturated rings. The van der Waals surface area contributed by atoms with E-state index < -0.39 is 0 Å². The Balaban J connectivity index is 2.12. The summed E-state index contributed by atoms with van der Waals surface area (Å²) < 4.78 is 19.5. The molecule has 1 atom stereocenters. The predicted octanol–water partition coefficient (Wildman–Crippen LogP) is 4.92. The molecule has 2 aromatic rings. The van der Waals surface area contributed by atoms with Crippen molar-refractivity contribution < 1.29 is 9.13 Å². The maximum absolute atomic E-state index is 13.2. The Kier molecular flexibility index (Phi) is 4.59. The van der Waals surface area contributed by atoms with Gasteiger partial charge in [0.25, 0.3) is 0 Å². The molecule has 0 spiro atoms. The minimum atomic E-state index is -0.341. The number of hydrogen-bond donors (Lipinski definition) is 0. The molecule has 0 N–H and O–H groups in total. The molecule has 0 bridgehead atoms. The molecule has 0 saturated carbocycles. The normalized spacial score (nSPS) is 12.4. The lowest BCUT2D eigenvalue weighted by molar-refractivity contribution is 0.225. The van der Waals surface area contributed by atoms with Crippen LogP contribution in [0, 0.1) is 5.82 Å². The van der Waals surface area contributed by atoms with Crippen LogP contribution < -0.4 is 4.74 Å². The Morgan fingerprint density at radius 1 is 1.50 bits per heavy atom. The van der Waals surface area contributed by atoms with Gasteiger partial charge in [0, 0.05) is 15.9 Å². The van der Waals surface area contributed by atoms with Crippen molar-refractivity contribution in [2.75, 3.05) is 0 Å². The number of nitrogens with zero attached hydrogens (tertiary/aromatic N) is 1. The van der Waals surface area contributed by atoms with Gasteiger partial charge in [-0.3, -0.25) is 0 Å². The molecule has 0 radical (unpaired) electrons. The third kappa shape index (κ3) is 3.43. The van der Waals surface area contributed by atoms with E-state index in [1.165, 1.54) is 23.5 Å². The Morgan fingerprint density at radius 3 is 2.89 bits per heavy atom. The maximum Gasteiger partial charge on any atom is 0.147 e. The predicted molar refractivity (Wildman–Crippen MR) is 74.8 cm³/mol. The highest BCUT2D eigenvalue weighted by atomic mass is 79.9. The highest BCUT2D eigenvalue weighted by Crippen LogP contribution is 2.27. The second kappa shape index (κ2) is 5.99. The number of thiazole rings is 1. The zero-order valence-corrected chi connectivity index (χ0v) is 12.6. The molecule has 18 heavy (non-hydrogen) atoms. The largest absolute Gasteiger partial charge is 0.483 e. The summed E-state index contributed by atoms with van der Waals surface area (Å²) in [6.07, 6.45) is -0.235. The van der Waals surface area contributed by atoms with Crippen LogP contribution in [0.2, 0.25) is 0 Å². The molecule has 0 aliphatic rings. The van der Waals surface area contributed by atoms with Crippen LogP contribution in [-0.4, -0.2) is 4.98 Å². The second-order valence-corrected chi connectivity index (χ2v) is 5.75. The van der Waals surface area contributed by atoms with Crippen LogP contribution in [0.5, 0.6) is 5.75 Å². The molecule has 1 unspecified atom stereocenters.